The minimum Gasteiger partial charge on any atom is -0.486 e. The van der Waals surface area contributed by atoms with Crippen LogP contribution in [0, 0.1) is 11.6 Å². The normalized spacial score (nSPS) is 17.1. The number of ether oxygens (including phenoxy) is 1. The van der Waals surface area contributed by atoms with Crippen LogP contribution in [0.5, 0.6) is 5.75 Å². The van der Waals surface area contributed by atoms with Gasteiger partial charge < -0.3 is 10.1 Å². The fourth-order valence-electron chi connectivity index (χ4n) is 1.91. The number of hydrogen-bond donors (Lipinski definition) is 1. The average molecular weight is 318 g/mol. The van der Waals surface area contributed by atoms with E-state index in [4.69, 9.17) is 27.9 Å². The van der Waals surface area contributed by atoms with E-state index in [0.29, 0.717) is 17.1 Å². The van der Waals surface area contributed by atoms with Gasteiger partial charge in [-0.25, -0.2) is 13.8 Å². The summed E-state index contributed by atoms with van der Waals surface area (Å²) in [6.45, 7) is 0.183. The molecule has 0 saturated carbocycles. The van der Waals surface area contributed by atoms with Gasteiger partial charge in [-0.05, 0) is 29.3 Å². The smallest absolute Gasteiger partial charge is 0.224 e. The Bertz CT molecular complexity index is 684. The molecule has 1 atom stereocenters. The summed E-state index contributed by atoms with van der Waals surface area (Å²) in [7, 11) is 0. The van der Waals surface area contributed by atoms with Crippen LogP contribution in [-0.2, 0) is 0 Å². The first-order chi connectivity index (χ1) is 9.54. The molecule has 20 heavy (non-hydrogen) atoms. The number of nitrogens with zero attached hydrogens (tertiary/aromatic N) is 2. The Balaban J connectivity index is 1.96. The first kappa shape index (κ1) is 13.3. The molecule has 1 unspecified atom stereocenters. The van der Waals surface area contributed by atoms with Crippen molar-refractivity contribution in [2.75, 3.05) is 11.9 Å². The Labute approximate surface area is 122 Å². The van der Waals surface area contributed by atoms with Crippen molar-refractivity contribution in [3.05, 3.63) is 45.8 Å². The van der Waals surface area contributed by atoms with Crippen LogP contribution < -0.4 is 10.1 Å². The lowest BCUT2D eigenvalue weighted by molar-refractivity contribution is 0.283. The van der Waals surface area contributed by atoms with Crippen LogP contribution in [0.15, 0.2) is 18.3 Å². The third-order valence-corrected chi connectivity index (χ3v) is 3.37. The van der Waals surface area contributed by atoms with Crippen molar-refractivity contribution >= 4 is 29.0 Å². The van der Waals surface area contributed by atoms with Gasteiger partial charge in [0.2, 0.25) is 5.28 Å². The van der Waals surface area contributed by atoms with Crippen molar-refractivity contribution in [3.63, 3.8) is 0 Å². The molecular formula is C12H7Cl2F2N3O. The van der Waals surface area contributed by atoms with E-state index in [9.17, 15) is 8.78 Å². The molecule has 0 fully saturated rings. The number of fused-ring (bicyclic) bond motifs is 1. The van der Waals surface area contributed by atoms with Gasteiger partial charge in [-0.3, -0.25) is 0 Å². The summed E-state index contributed by atoms with van der Waals surface area (Å²) in [5.74, 6) is -1.16. The molecular weight excluding hydrogens is 311 g/mol. The molecule has 8 heteroatoms. The molecule has 2 heterocycles. The maximum atomic E-state index is 13.3. The predicted molar refractivity (Wildman–Crippen MR) is 70.3 cm³/mol. The monoisotopic (exact) mass is 317 g/mol. The van der Waals surface area contributed by atoms with Gasteiger partial charge in [-0.1, -0.05) is 11.6 Å². The van der Waals surface area contributed by atoms with Gasteiger partial charge in [-0.15, -0.1) is 0 Å². The summed E-state index contributed by atoms with van der Waals surface area (Å²) in [5.41, 5.74) is 0.381. The largest absolute Gasteiger partial charge is 0.486 e. The van der Waals surface area contributed by atoms with Crippen molar-refractivity contribution in [2.24, 2.45) is 0 Å². The van der Waals surface area contributed by atoms with E-state index in [1.165, 1.54) is 6.20 Å². The average Bonchev–Trinajstić information content (AvgIpc) is 2.42. The van der Waals surface area contributed by atoms with Crippen LogP contribution in [0.3, 0.4) is 0 Å². The number of aromatic nitrogens is 2. The van der Waals surface area contributed by atoms with Gasteiger partial charge >= 0.3 is 0 Å². The van der Waals surface area contributed by atoms with E-state index in [2.05, 4.69) is 15.3 Å². The lowest BCUT2D eigenvalue weighted by Crippen LogP contribution is -2.25. The van der Waals surface area contributed by atoms with Crippen molar-refractivity contribution in [2.45, 2.75) is 6.04 Å². The van der Waals surface area contributed by atoms with Gasteiger partial charge in [-0.2, -0.15) is 4.98 Å². The van der Waals surface area contributed by atoms with Crippen molar-refractivity contribution in [3.8, 4) is 5.75 Å². The van der Waals surface area contributed by atoms with Crippen molar-refractivity contribution in [1.29, 1.82) is 0 Å². The maximum Gasteiger partial charge on any atom is 0.224 e. The van der Waals surface area contributed by atoms with E-state index in [-0.39, 0.29) is 16.9 Å². The van der Waals surface area contributed by atoms with Crippen LogP contribution in [0.4, 0.5) is 14.6 Å². The zero-order chi connectivity index (χ0) is 14.3. The molecule has 104 valence electrons. The zero-order valence-corrected chi connectivity index (χ0v) is 11.3. The Morgan fingerprint density at radius 3 is 2.80 bits per heavy atom. The molecule has 1 aliphatic heterocycles. The summed E-state index contributed by atoms with van der Waals surface area (Å²) in [5, 5.41) is 3.17. The topological polar surface area (TPSA) is 47.0 Å². The molecule has 3 rings (SSSR count). The fourth-order valence-corrected chi connectivity index (χ4v) is 2.33. The third-order valence-electron chi connectivity index (χ3n) is 2.86. The summed E-state index contributed by atoms with van der Waals surface area (Å²) < 4.78 is 31.8. The molecule has 0 spiro atoms. The van der Waals surface area contributed by atoms with Crippen LogP contribution in [0.25, 0.3) is 0 Å². The number of rotatable bonds is 1. The minimum absolute atomic E-state index is 0.0527. The number of anilines is 1. The second-order valence-corrected chi connectivity index (χ2v) is 4.89. The highest BCUT2D eigenvalue weighted by atomic mass is 35.5. The number of halogens is 4. The molecule has 0 radical (unpaired) electrons. The number of benzene rings is 1. The summed E-state index contributed by atoms with van der Waals surface area (Å²) in [6, 6.07) is 1.50. The lowest BCUT2D eigenvalue weighted by atomic mass is 10.1. The van der Waals surface area contributed by atoms with E-state index < -0.39 is 17.7 Å². The molecule has 1 N–H and O–H groups in total. The van der Waals surface area contributed by atoms with E-state index in [0.717, 1.165) is 12.1 Å². The van der Waals surface area contributed by atoms with Gasteiger partial charge in [0, 0.05) is 5.02 Å². The summed E-state index contributed by atoms with van der Waals surface area (Å²) in [6.07, 6.45) is 1.43. The van der Waals surface area contributed by atoms with Gasteiger partial charge in [0.25, 0.3) is 0 Å². The Kier molecular flexibility index (Phi) is 3.35. The van der Waals surface area contributed by atoms with Crippen molar-refractivity contribution < 1.29 is 13.5 Å². The molecule has 0 aliphatic carbocycles. The van der Waals surface area contributed by atoms with Crippen LogP contribution >= 0.6 is 23.2 Å². The highest BCUT2D eigenvalue weighted by Crippen LogP contribution is 2.35. The van der Waals surface area contributed by atoms with E-state index in [1.807, 2.05) is 0 Å². The van der Waals surface area contributed by atoms with Crippen LogP contribution in [0.2, 0.25) is 10.3 Å². The van der Waals surface area contributed by atoms with Crippen molar-refractivity contribution in [1.82, 2.24) is 9.97 Å². The quantitative estimate of drug-likeness (QED) is 0.644. The maximum absolute atomic E-state index is 13.3. The minimum atomic E-state index is -0.999. The van der Waals surface area contributed by atoms with Gasteiger partial charge in [0.15, 0.2) is 23.2 Å². The molecule has 2 aromatic rings. The number of nitrogens with one attached hydrogen (secondary N) is 1. The van der Waals surface area contributed by atoms with E-state index >= 15 is 0 Å². The van der Waals surface area contributed by atoms with Gasteiger partial charge in [0.1, 0.15) is 6.61 Å². The zero-order valence-electron chi connectivity index (χ0n) is 9.83. The second kappa shape index (κ2) is 5.03. The van der Waals surface area contributed by atoms with E-state index in [1.54, 1.807) is 0 Å². The fraction of sp³-hybridized carbons (Fsp3) is 0.167. The molecule has 0 amide bonds. The second-order valence-electron chi connectivity index (χ2n) is 4.15. The Morgan fingerprint density at radius 2 is 2.00 bits per heavy atom. The molecule has 1 aromatic heterocycles. The molecule has 1 aliphatic rings. The molecule has 0 saturated heterocycles. The highest BCUT2D eigenvalue weighted by Gasteiger charge is 2.25. The third kappa shape index (κ3) is 2.36. The number of hydrogen-bond acceptors (Lipinski definition) is 4. The summed E-state index contributed by atoms with van der Waals surface area (Å²) in [4.78, 5) is 7.75. The lowest BCUT2D eigenvalue weighted by Gasteiger charge is -2.27. The highest BCUT2D eigenvalue weighted by molar-refractivity contribution is 6.31. The molecule has 1 aromatic carbocycles. The SMILES string of the molecule is Fc1cc(Cl)c(C2COc3cnc(Cl)nc3N2)cc1F. The van der Waals surface area contributed by atoms with Crippen LogP contribution in [-0.4, -0.2) is 16.6 Å². The van der Waals surface area contributed by atoms with Gasteiger partial charge in [0.05, 0.1) is 12.2 Å². The Hall–Kier alpha value is -1.66. The molecule has 4 nitrogen and oxygen atoms in total. The Morgan fingerprint density at radius 1 is 1.25 bits per heavy atom. The first-order valence-electron chi connectivity index (χ1n) is 5.61. The van der Waals surface area contributed by atoms with Crippen LogP contribution in [0.1, 0.15) is 11.6 Å². The summed E-state index contributed by atoms with van der Waals surface area (Å²) >= 11 is 11.6. The first-order valence-corrected chi connectivity index (χ1v) is 6.36. The standard InChI is InChI=1S/C12H7Cl2F2N3O/c13-6-2-8(16)7(15)1-5(6)9-4-20-10-3-17-12(14)19-11(10)18-9/h1-3,9H,4H2,(H,17,18,19). The predicted octanol–water partition coefficient (Wildman–Crippen LogP) is 3.61. The molecule has 0 bridgehead atoms.